The summed E-state index contributed by atoms with van der Waals surface area (Å²) in [6, 6.07) is 14.3. The van der Waals surface area contributed by atoms with E-state index in [1.54, 1.807) is 49.1 Å². The van der Waals surface area contributed by atoms with Crippen molar-refractivity contribution in [3.8, 4) is 0 Å². The molecule has 0 fully saturated rings. The Balaban J connectivity index is 1.96. The third-order valence-electron chi connectivity index (χ3n) is 3.34. The third kappa shape index (κ3) is 5.28. The molecule has 2 aromatic carbocycles. The van der Waals surface area contributed by atoms with Gasteiger partial charge in [0.2, 0.25) is 5.91 Å². The molecule has 0 radical (unpaired) electrons. The lowest BCUT2D eigenvalue weighted by atomic mass is 10.1. The van der Waals surface area contributed by atoms with Crippen molar-refractivity contribution in [2.24, 2.45) is 0 Å². The number of nitrogens with zero attached hydrogens (tertiary/aromatic N) is 1. The first kappa shape index (κ1) is 18.4. The largest absolute Gasteiger partial charge is 0.332 e. The molecule has 2 rings (SSSR count). The van der Waals surface area contributed by atoms with E-state index in [9.17, 15) is 9.59 Å². The monoisotopic (exact) mass is 362 g/mol. The van der Waals surface area contributed by atoms with E-state index >= 15 is 0 Å². The molecule has 0 aliphatic carbocycles. The fourth-order valence-electron chi connectivity index (χ4n) is 2.20. The van der Waals surface area contributed by atoms with Gasteiger partial charge < -0.3 is 10.2 Å². The summed E-state index contributed by atoms with van der Waals surface area (Å²) in [5.74, 6) is 0.416. The number of rotatable bonds is 6. The number of benzene rings is 2. The fraction of sp³-hybridized carbons (Fsp3) is 0.222. The van der Waals surface area contributed by atoms with Gasteiger partial charge in [0.1, 0.15) is 0 Å². The summed E-state index contributed by atoms with van der Waals surface area (Å²) in [6.07, 6.45) is 2.02. The van der Waals surface area contributed by atoms with Gasteiger partial charge in [0.15, 0.2) is 0 Å². The van der Waals surface area contributed by atoms with Gasteiger partial charge in [0, 0.05) is 29.1 Å². The molecule has 6 heteroatoms. The first-order chi connectivity index (χ1) is 11.5. The number of nitrogens with one attached hydrogen (secondary N) is 1. The van der Waals surface area contributed by atoms with E-state index < -0.39 is 0 Å². The van der Waals surface area contributed by atoms with Crippen molar-refractivity contribution in [2.45, 2.75) is 5.75 Å². The van der Waals surface area contributed by atoms with Gasteiger partial charge in [-0.2, -0.15) is 11.8 Å². The topological polar surface area (TPSA) is 49.4 Å². The quantitative estimate of drug-likeness (QED) is 0.847. The Labute approximate surface area is 151 Å². The van der Waals surface area contributed by atoms with Gasteiger partial charge in [0.25, 0.3) is 5.91 Å². The molecule has 0 aliphatic rings. The molecule has 0 unspecified atom stereocenters. The number of anilines is 1. The van der Waals surface area contributed by atoms with Crippen molar-refractivity contribution in [3.63, 3.8) is 0 Å². The van der Waals surface area contributed by atoms with Gasteiger partial charge >= 0.3 is 0 Å². The van der Waals surface area contributed by atoms with Crippen LogP contribution >= 0.6 is 23.4 Å². The molecule has 24 heavy (non-hydrogen) atoms. The van der Waals surface area contributed by atoms with Crippen LogP contribution in [0.4, 0.5) is 5.69 Å². The summed E-state index contributed by atoms with van der Waals surface area (Å²) in [4.78, 5) is 25.9. The predicted molar refractivity (Wildman–Crippen MR) is 101 cm³/mol. The minimum atomic E-state index is -0.256. The molecular weight excluding hydrogens is 344 g/mol. The molecule has 0 aliphatic heterocycles. The zero-order valence-corrected chi connectivity index (χ0v) is 15.2. The van der Waals surface area contributed by atoms with Crippen LogP contribution in [0.25, 0.3) is 0 Å². The van der Waals surface area contributed by atoms with Gasteiger partial charge in [0.05, 0.1) is 6.54 Å². The van der Waals surface area contributed by atoms with Crippen LogP contribution in [0.1, 0.15) is 15.9 Å². The smallest absolute Gasteiger partial charge is 0.254 e. The molecular formula is C18H19ClN2O2S. The molecule has 0 heterocycles. The Morgan fingerprint density at radius 3 is 2.54 bits per heavy atom. The molecule has 0 bridgehead atoms. The lowest BCUT2D eigenvalue weighted by Gasteiger charge is -2.17. The fourth-order valence-corrected chi connectivity index (χ4v) is 2.84. The Kier molecular flexibility index (Phi) is 6.70. The van der Waals surface area contributed by atoms with E-state index in [2.05, 4.69) is 5.32 Å². The molecule has 2 amide bonds. The van der Waals surface area contributed by atoms with Crippen LogP contribution in [0.5, 0.6) is 0 Å². The number of halogens is 1. The Morgan fingerprint density at radius 2 is 1.88 bits per heavy atom. The Bertz CT molecular complexity index is 719. The maximum atomic E-state index is 12.5. The highest BCUT2D eigenvalue weighted by atomic mass is 35.5. The summed E-state index contributed by atoms with van der Waals surface area (Å²) < 4.78 is 0. The average Bonchev–Trinajstić information content (AvgIpc) is 2.56. The number of carbonyl (C=O) groups is 2. The Hall–Kier alpha value is -1.98. The van der Waals surface area contributed by atoms with E-state index in [-0.39, 0.29) is 18.4 Å². The van der Waals surface area contributed by atoms with Crippen LogP contribution in [0.15, 0.2) is 48.5 Å². The summed E-state index contributed by atoms with van der Waals surface area (Å²) in [5.41, 5.74) is 2.32. The van der Waals surface area contributed by atoms with Gasteiger partial charge in [-0.15, -0.1) is 0 Å². The van der Waals surface area contributed by atoms with Crippen LogP contribution in [0, 0.1) is 0 Å². The number of carbonyl (C=O) groups excluding carboxylic acids is 2. The molecule has 2 aromatic rings. The van der Waals surface area contributed by atoms with E-state index in [0.29, 0.717) is 16.3 Å². The van der Waals surface area contributed by atoms with Crippen molar-refractivity contribution in [1.29, 1.82) is 0 Å². The standard InChI is InChI=1S/C18H19ClN2O2S/c1-21(11-17(22)20-16-8-6-15(19)7-9-16)18(23)14-5-3-4-13(10-14)12-24-2/h3-10H,11-12H2,1-2H3,(H,20,22). The third-order valence-corrected chi connectivity index (χ3v) is 4.21. The second-order valence-corrected chi connectivity index (χ2v) is 6.65. The van der Waals surface area contributed by atoms with E-state index in [4.69, 9.17) is 11.6 Å². The number of amides is 2. The van der Waals surface area contributed by atoms with Gasteiger partial charge in [-0.3, -0.25) is 9.59 Å². The summed E-state index contributed by atoms with van der Waals surface area (Å²) in [6.45, 7) is -0.0196. The van der Waals surface area contributed by atoms with Crippen LogP contribution in [-0.2, 0) is 10.5 Å². The van der Waals surface area contributed by atoms with Crippen molar-refractivity contribution in [3.05, 3.63) is 64.7 Å². The SMILES string of the molecule is CSCc1cccc(C(=O)N(C)CC(=O)Nc2ccc(Cl)cc2)c1. The first-order valence-electron chi connectivity index (χ1n) is 7.38. The highest BCUT2D eigenvalue weighted by Gasteiger charge is 2.15. The summed E-state index contributed by atoms with van der Waals surface area (Å²) in [5, 5.41) is 3.35. The zero-order valence-electron chi connectivity index (χ0n) is 13.6. The van der Waals surface area contributed by atoms with E-state index in [1.807, 2.05) is 24.5 Å². The van der Waals surface area contributed by atoms with Crippen LogP contribution in [0.2, 0.25) is 5.02 Å². The predicted octanol–water partition coefficient (Wildman–Crippen LogP) is 3.91. The summed E-state index contributed by atoms with van der Waals surface area (Å²) in [7, 11) is 1.62. The molecule has 0 saturated carbocycles. The van der Waals surface area contributed by atoms with Crippen LogP contribution < -0.4 is 5.32 Å². The zero-order chi connectivity index (χ0) is 17.5. The highest BCUT2D eigenvalue weighted by molar-refractivity contribution is 7.97. The molecule has 0 saturated heterocycles. The van der Waals surface area contributed by atoms with Gasteiger partial charge in [-0.1, -0.05) is 23.7 Å². The molecule has 1 N–H and O–H groups in total. The first-order valence-corrected chi connectivity index (χ1v) is 9.15. The van der Waals surface area contributed by atoms with Crippen molar-refractivity contribution in [1.82, 2.24) is 4.90 Å². The number of thioether (sulfide) groups is 1. The second-order valence-electron chi connectivity index (χ2n) is 5.35. The van der Waals surface area contributed by atoms with Gasteiger partial charge in [-0.05, 0) is 48.2 Å². The molecule has 126 valence electrons. The lowest BCUT2D eigenvalue weighted by Crippen LogP contribution is -2.34. The lowest BCUT2D eigenvalue weighted by molar-refractivity contribution is -0.116. The van der Waals surface area contributed by atoms with E-state index in [1.165, 1.54) is 4.90 Å². The molecule has 0 spiro atoms. The minimum Gasteiger partial charge on any atom is -0.332 e. The number of hydrogen-bond acceptors (Lipinski definition) is 3. The average molecular weight is 363 g/mol. The van der Waals surface area contributed by atoms with Crippen molar-refractivity contribution >= 4 is 40.9 Å². The van der Waals surface area contributed by atoms with Crippen molar-refractivity contribution < 1.29 is 9.59 Å². The normalized spacial score (nSPS) is 10.3. The van der Waals surface area contributed by atoms with Crippen molar-refractivity contribution in [2.75, 3.05) is 25.2 Å². The maximum absolute atomic E-state index is 12.5. The molecule has 0 aromatic heterocycles. The second kappa shape index (κ2) is 8.76. The van der Waals surface area contributed by atoms with Crippen LogP contribution in [0.3, 0.4) is 0 Å². The minimum absolute atomic E-state index is 0.0196. The van der Waals surface area contributed by atoms with Gasteiger partial charge in [-0.25, -0.2) is 0 Å². The maximum Gasteiger partial charge on any atom is 0.254 e. The Morgan fingerprint density at radius 1 is 1.17 bits per heavy atom. The molecule has 4 nitrogen and oxygen atoms in total. The molecule has 0 atom stereocenters. The summed E-state index contributed by atoms with van der Waals surface area (Å²) >= 11 is 7.51. The number of likely N-dealkylation sites (N-methyl/N-ethyl adjacent to an activating group) is 1. The van der Waals surface area contributed by atoms with Crippen LogP contribution in [-0.4, -0.2) is 36.6 Å². The number of hydrogen-bond donors (Lipinski definition) is 1. The van der Waals surface area contributed by atoms with E-state index in [0.717, 1.165) is 11.3 Å². The highest BCUT2D eigenvalue weighted by Crippen LogP contribution is 2.14.